The molecule has 3 nitrogen and oxygen atoms in total. The van der Waals surface area contributed by atoms with Crippen LogP contribution in [0.3, 0.4) is 0 Å². The van der Waals surface area contributed by atoms with Gasteiger partial charge in [0.2, 0.25) is 0 Å². The number of ether oxygens (including phenoxy) is 1. The Labute approximate surface area is 101 Å². The van der Waals surface area contributed by atoms with E-state index in [1.807, 2.05) is 6.07 Å². The second kappa shape index (κ2) is 5.61. The van der Waals surface area contributed by atoms with Gasteiger partial charge in [0.05, 0.1) is 18.2 Å². The third-order valence-corrected chi connectivity index (χ3v) is 2.56. The molecule has 0 amide bonds. The van der Waals surface area contributed by atoms with Crippen molar-refractivity contribution < 1.29 is 13.9 Å². The lowest BCUT2D eigenvalue weighted by molar-refractivity contribution is 0.0520. The molecule has 0 N–H and O–H groups in total. The maximum Gasteiger partial charge on any atom is 0.341 e. The van der Waals surface area contributed by atoms with Crippen LogP contribution in [0.1, 0.15) is 28.4 Å². The number of nitrogens with zero attached hydrogens (tertiary/aromatic N) is 1. The number of esters is 1. The zero-order chi connectivity index (χ0) is 12.1. The molecule has 84 valence electrons. The summed E-state index contributed by atoms with van der Waals surface area (Å²) in [6, 6.07) is 4.34. The Bertz CT molecular complexity index is 454. The molecule has 0 radical (unpaired) electrons. The molecule has 0 saturated carbocycles. The van der Waals surface area contributed by atoms with Crippen molar-refractivity contribution in [3.8, 4) is 6.07 Å². The van der Waals surface area contributed by atoms with E-state index in [1.54, 1.807) is 6.92 Å². The van der Waals surface area contributed by atoms with Gasteiger partial charge in [0.15, 0.2) is 0 Å². The molecule has 0 aliphatic carbocycles. The van der Waals surface area contributed by atoms with Crippen molar-refractivity contribution in [1.29, 1.82) is 5.26 Å². The van der Waals surface area contributed by atoms with Crippen LogP contribution in [-0.2, 0) is 10.1 Å². The third kappa shape index (κ3) is 2.39. The van der Waals surface area contributed by atoms with Gasteiger partial charge in [-0.2, -0.15) is 5.26 Å². The number of hydrogen-bond acceptors (Lipinski definition) is 3. The van der Waals surface area contributed by atoms with E-state index in [9.17, 15) is 9.18 Å². The minimum absolute atomic E-state index is 0.163. The zero-order valence-corrected chi connectivity index (χ0v) is 10.2. The number of hydrogen-bond donors (Lipinski definition) is 0. The molecular formula is C11H9BrFNO2. The third-order valence-electron chi connectivity index (χ3n) is 2.00. The van der Waals surface area contributed by atoms with Crippen LogP contribution in [0.25, 0.3) is 0 Å². The Hall–Kier alpha value is -1.41. The lowest BCUT2D eigenvalue weighted by atomic mass is 10.0. The summed E-state index contributed by atoms with van der Waals surface area (Å²) < 4.78 is 18.2. The van der Waals surface area contributed by atoms with Gasteiger partial charge in [-0.05, 0) is 24.6 Å². The van der Waals surface area contributed by atoms with Crippen LogP contribution in [0.5, 0.6) is 0 Å². The van der Waals surface area contributed by atoms with Gasteiger partial charge in [-0.25, -0.2) is 9.18 Å². The van der Waals surface area contributed by atoms with Crippen LogP contribution in [-0.4, -0.2) is 12.6 Å². The Morgan fingerprint density at radius 1 is 1.62 bits per heavy atom. The number of nitriles is 1. The maximum atomic E-state index is 13.5. The van der Waals surface area contributed by atoms with Crippen molar-refractivity contribution in [2.75, 3.05) is 6.61 Å². The van der Waals surface area contributed by atoms with Gasteiger partial charge in [-0.3, -0.25) is 0 Å². The standard InChI is InChI=1S/C11H9BrFNO2/c1-2-16-11(15)10-8(5-12)7(6-14)3-4-9(10)13/h3-4H,2,5H2,1H3. The van der Waals surface area contributed by atoms with Crippen LogP contribution in [0.2, 0.25) is 0 Å². The van der Waals surface area contributed by atoms with Crippen molar-refractivity contribution >= 4 is 21.9 Å². The Morgan fingerprint density at radius 3 is 2.81 bits per heavy atom. The highest BCUT2D eigenvalue weighted by molar-refractivity contribution is 9.08. The number of alkyl halides is 1. The lowest BCUT2D eigenvalue weighted by Crippen LogP contribution is -2.11. The van der Waals surface area contributed by atoms with Gasteiger partial charge in [0.25, 0.3) is 0 Å². The summed E-state index contributed by atoms with van der Waals surface area (Å²) in [5.74, 6) is -1.42. The smallest absolute Gasteiger partial charge is 0.341 e. The van der Waals surface area contributed by atoms with Crippen LogP contribution in [0.15, 0.2) is 12.1 Å². The lowest BCUT2D eigenvalue weighted by Gasteiger charge is -2.09. The Kier molecular flexibility index (Phi) is 4.44. The zero-order valence-electron chi connectivity index (χ0n) is 8.59. The van der Waals surface area contributed by atoms with Crippen molar-refractivity contribution in [2.45, 2.75) is 12.3 Å². The van der Waals surface area contributed by atoms with Crippen LogP contribution in [0.4, 0.5) is 4.39 Å². The summed E-state index contributed by atoms with van der Waals surface area (Å²) in [7, 11) is 0. The first-order valence-corrected chi connectivity index (χ1v) is 5.72. The van der Waals surface area contributed by atoms with E-state index < -0.39 is 11.8 Å². The van der Waals surface area contributed by atoms with Crippen LogP contribution >= 0.6 is 15.9 Å². The van der Waals surface area contributed by atoms with Gasteiger partial charge in [0, 0.05) is 5.33 Å². The molecular weight excluding hydrogens is 277 g/mol. The molecule has 0 bridgehead atoms. The van der Waals surface area contributed by atoms with E-state index in [4.69, 9.17) is 10.00 Å². The predicted octanol–water partition coefficient (Wildman–Crippen LogP) is 2.77. The number of benzene rings is 1. The van der Waals surface area contributed by atoms with E-state index in [-0.39, 0.29) is 23.1 Å². The van der Waals surface area contributed by atoms with E-state index in [2.05, 4.69) is 15.9 Å². The summed E-state index contributed by atoms with van der Waals surface area (Å²) in [4.78, 5) is 11.5. The van der Waals surface area contributed by atoms with Crippen molar-refractivity contribution in [3.63, 3.8) is 0 Å². The van der Waals surface area contributed by atoms with Gasteiger partial charge in [-0.15, -0.1) is 0 Å². The first kappa shape index (κ1) is 12.7. The summed E-state index contributed by atoms with van der Waals surface area (Å²) in [6.07, 6.45) is 0. The van der Waals surface area contributed by atoms with E-state index in [1.165, 1.54) is 6.07 Å². The highest BCUT2D eigenvalue weighted by Crippen LogP contribution is 2.21. The molecule has 0 unspecified atom stereocenters. The largest absolute Gasteiger partial charge is 0.462 e. The summed E-state index contributed by atoms with van der Waals surface area (Å²) in [5.41, 5.74) is 0.417. The highest BCUT2D eigenvalue weighted by Gasteiger charge is 2.20. The fourth-order valence-electron chi connectivity index (χ4n) is 1.29. The van der Waals surface area contributed by atoms with E-state index >= 15 is 0 Å². The quantitative estimate of drug-likeness (QED) is 0.634. The molecule has 0 heterocycles. The topological polar surface area (TPSA) is 50.1 Å². The van der Waals surface area contributed by atoms with Crippen molar-refractivity contribution in [2.24, 2.45) is 0 Å². The summed E-state index contributed by atoms with van der Waals surface area (Å²) in [6.45, 7) is 1.80. The fourth-order valence-corrected chi connectivity index (χ4v) is 1.87. The Morgan fingerprint density at radius 2 is 2.31 bits per heavy atom. The van der Waals surface area contributed by atoms with Crippen LogP contribution in [0, 0.1) is 17.1 Å². The van der Waals surface area contributed by atoms with Crippen molar-refractivity contribution in [3.05, 3.63) is 34.6 Å². The monoisotopic (exact) mass is 285 g/mol. The van der Waals surface area contributed by atoms with E-state index in [0.717, 1.165) is 6.07 Å². The number of carbonyl (C=O) groups is 1. The fraction of sp³-hybridized carbons (Fsp3) is 0.273. The first-order valence-electron chi connectivity index (χ1n) is 4.60. The molecule has 0 aliphatic heterocycles. The van der Waals surface area contributed by atoms with E-state index in [0.29, 0.717) is 5.56 Å². The summed E-state index contributed by atoms with van der Waals surface area (Å²) in [5, 5.41) is 9.06. The minimum atomic E-state index is -0.744. The molecule has 1 aromatic rings. The molecule has 5 heteroatoms. The molecule has 0 spiro atoms. The average molecular weight is 286 g/mol. The number of carbonyl (C=O) groups excluding carboxylic acids is 1. The molecule has 1 aromatic carbocycles. The van der Waals surface area contributed by atoms with Crippen molar-refractivity contribution in [1.82, 2.24) is 0 Å². The maximum absolute atomic E-state index is 13.5. The second-order valence-electron chi connectivity index (χ2n) is 2.91. The summed E-state index contributed by atoms with van der Waals surface area (Å²) >= 11 is 3.13. The average Bonchev–Trinajstić information content (AvgIpc) is 2.28. The minimum Gasteiger partial charge on any atom is -0.462 e. The van der Waals surface area contributed by atoms with Gasteiger partial charge in [-0.1, -0.05) is 15.9 Å². The molecule has 0 saturated heterocycles. The normalized spacial score (nSPS) is 9.62. The molecule has 1 rings (SSSR count). The van der Waals surface area contributed by atoms with Gasteiger partial charge in [0.1, 0.15) is 11.4 Å². The van der Waals surface area contributed by atoms with Crippen LogP contribution < -0.4 is 0 Å². The molecule has 16 heavy (non-hydrogen) atoms. The molecule has 0 fully saturated rings. The Balaban J connectivity index is 3.35. The molecule has 0 aromatic heterocycles. The van der Waals surface area contributed by atoms with Gasteiger partial charge >= 0.3 is 5.97 Å². The second-order valence-corrected chi connectivity index (χ2v) is 3.48. The SMILES string of the molecule is CCOC(=O)c1c(F)ccc(C#N)c1CBr. The molecule has 0 aliphatic rings. The number of halogens is 2. The highest BCUT2D eigenvalue weighted by atomic mass is 79.9. The molecule has 0 atom stereocenters. The predicted molar refractivity (Wildman–Crippen MR) is 59.7 cm³/mol. The van der Waals surface area contributed by atoms with Gasteiger partial charge < -0.3 is 4.74 Å². The number of rotatable bonds is 3. The first-order chi connectivity index (χ1) is 7.65.